The molecule has 0 bridgehead atoms. The summed E-state index contributed by atoms with van der Waals surface area (Å²) in [5.41, 5.74) is 3.45. The molecule has 5 heteroatoms. The summed E-state index contributed by atoms with van der Waals surface area (Å²) >= 11 is 3.40. The molecule has 2 rings (SSSR count). The molecule has 4 nitrogen and oxygen atoms in total. The molecule has 0 saturated heterocycles. The zero-order chi connectivity index (χ0) is 14.0. The number of halogens is 1. The summed E-state index contributed by atoms with van der Waals surface area (Å²) in [4.78, 5) is 12.0. The van der Waals surface area contributed by atoms with Gasteiger partial charge in [0, 0.05) is 15.7 Å². The minimum atomic E-state index is -0.0696. The van der Waals surface area contributed by atoms with E-state index in [1.54, 1.807) is 0 Å². The third-order valence-electron chi connectivity index (χ3n) is 2.98. The Bertz CT molecular complexity index is 600. The molecule has 1 amide bonds. The second-order valence-corrected chi connectivity index (χ2v) is 5.40. The zero-order valence-corrected chi connectivity index (χ0v) is 12.7. The van der Waals surface area contributed by atoms with Crippen LogP contribution in [0.15, 0.2) is 27.2 Å². The number of aryl methyl sites for hydroxylation is 3. The van der Waals surface area contributed by atoms with Gasteiger partial charge in [-0.1, -0.05) is 21.1 Å². The molecular formula is C14H15BrN2O2. The summed E-state index contributed by atoms with van der Waals surface area (Å²) in [7, 11) is 0. The molecule has 0 aliphatic rings. The van der Waals surface area contributed by atoms with Gasteiger partial charge in [0.05, 0.1) is 12.1 Å². The zero-order valence-electron chi connectivity index (χ0n) is 11.1. The molecule has 0 spiro atoms. The minimum absolute atomic E-state index is 0.0696. The molecular weight excluding hydrogens is 308 g/mol. The predicted molar refractivity (Wildman–Crippen MR) is 77.2 cm³/mol. The maximum Gasteiger partial charge on any atom is 0.229 e. The van der Waals surface area contributed by atoms with E-state index in [0.717, 1.165) is 27.0 Å². The third-order valence-corrected chi connectivity index (χ3v) is 3.47. The van der Waals surface area contributed by atoms with Crippen LogP contribution in [0, 0.1) is 20.8 Å². The highest BCUT2D eigenvalue weighted by Crippen LogP contribution is 2.21. The van der Waals surface area contributed by atoms with Gasteiger partial charge < -0.3 is 9.84 Å². The van der Waals surface area contributed by atoms with Gasteiger partial charge in [-0.3, -0.25) is 4.79 Å². The van der Waals surface area contributed by atoms with Crippen LogP contribution in [0.1, 0.15) is 22.6 Å². The number of aromatic nitrogens is 1. The van der Waals surface area contributed by atoms with Gasteiger partial charge in [-0.15, -0.1) is 0 Å². The third kappa shape index (κ3) is 3.23. The standard InChI is InChI=1S/C14H15BrN2O2/c1-8-6-11(15)4-5-13(8)16-14(18)7-12-9(2)17-19-10(12)3/h4-6H,7H2,1-3H3,(H,16,18). The van der Waals surface area contributed by atoms with Gasteiger partial charge in [0.1, 0.15) is 5.76 Å². The minimum Gasteiger partial charge on any atom is -0.361 e. The molecule has 0 aliphatic carbocycles. The fraction of sp³-hybridized carbons (Fsp3) is 0.286. The lowest BCUT2D eigenvalue weighted by molar-refractivity contribution is -0.115. The first-order valence-corrected chi connectivity index (χ1v) is 6.74. The van der Waals surface area contributed by atoms with Crippen LogP contribution in [0.5, 0.6) is 0 Å². The van der Waals surface area contributed by atoms with Crippen molar-refractivity contribution in [1.82, 2.24) is 5.16 Å². The van der Waals surface area contributed by atoms with E-state index >= 15 is 0 Å². The van der Waals surface area contributed by atoms with Gasteiger partial charge in [0.2, 0.25) is 5.91 Å². The summed E-state index contributed by atoms with van der Waals surface area (Å²) in [6, 6.07) is 5.74. The summed E-state index contributed by atoms with van der Waals surface area (Å²) in [6.45, 7) is 5.60. The van der Waals surface area contributed by atoms with E-state index in [-0.39, 0.29) is 12.3 Å². The van der Waals surface area contributed by atoms with Crippen molar-refractivity contribution in [2.24, 2.45) is 0 Å². The molecule has 0 radical (unpaired) electrons. The Morgan fingerprint density at radius 2 is 2.11 bits per heavy atom. The Morgan fingerprint density at radius 3 is 2.68 bits per heavy atom. The van der Waals surface area contributed by atoms with Gasteiger partial charge in [-0.25, -0.2) is 0 Å². The van der Waals surface area contributed by atoms with E-state index in [9.17, 15) is 4.79 Å². The molecule has 19 heavy (non-hydrogen) atoms. The van der Waals surface area contributed by atoms with Gasteiger partial charge in [0.15, 0.2) is 0 Å². The van der Waals surface area contributed by atoms with Crippen LogP contribution in [-0.2, 0) is 11.2 Å². The fourth-order valence-electron chi connectivity index (χ4n) is 1.88. The molecule has 0 atom stereocenters. The van der Waals surface area contributed by atoms with Crippen LogP contribution >= 0.6 is 15.9 Å². The molecule has 0 unspecified atom stereocenters. The van der Waals surface area contributed by atoms with Crippen molar-refractivity contribution in [3.05, 3.63) is 45.3 Å². The van der Waals surface area contributed by atoms with Crippen LogP contribution in [0.25, 0.3) is 0 Å². The number of benzene rings is 1. The van der Waals surface area contributed by atoms with E-state index in [1.807, 2.05) is 39.0 Å². The molecule has 1 heterocycles. The van der Waals surface area contributed by atoms with Gasteiger partial charge in [-0.05, 0) is 44.5 Å². The highest BCUT2D eigenvalue weighted by atomic mass is 79.9. The molecule has 0 aliphatic heterocycles. The molecule has 1 N–H and O–H groups in total. The lowest BCUT2D eigenvalue weighted by Gasteiger charge is -2.08. The number of carbonyl (C=O) groups excluding carboxylic acids is 1. The topological polar surface area (TPSA) is 55.1 Å². The number of nitrogens with one attached hydrogen (secondary N) is 1. The second kappa shape index (κ2) is 5.57. The number of nitrogens with zero attached hydrogens (tertiary/aromatic N) is 1. The largest absolute Gasteiger partial charge is 0.361 e. The van der Waals surface area contributed by atoms with Crippen molar-refractivity contribution < 1.29 is 9.32 Å². The number of carbonyl (C=O) groups is 1. The van der Waals surface area contributed by atoms with Gasteiger partial charge >= 0.3 is 0 Å². The first kappa shape index (κ1) is 13.8. The summed E-state index contributed by atoms with van der Waals surface area (Å²) < 4.78 is 6.04. The van der Waals surface area contributed by atoms with E-state index in [1.165, 1.54) is 0 Å². The highest BCUT2D eigenvalue weighted by Gasteiger charge is 2.14. The monoisotopic (exact) mass is 322 g/mol. The molecule has 2 aromatic rings. The number of hydrogen-bond acceptors (Lipinski definition) is 3. The first-order chi connectivity index (χ1) is 8.97. The number of hydrogen-bond donors (Lipinski definition) is 1. The van der Waals surface area contributed by atoms with Gasteiger partial charge in [0.25, 0.3) is 0 Å². The maximum atomic E-state index is 12.0. The summed E-state index contributed by atoms with van der Waals surface area (Å²) in [5, 5.41) is 6.75. The van der Waals surface area contributed by atoms with Crippen LogP contribution in [0.3, 0.4) is 0 Å². The Morgan fingerprint density at radius 1 is 1.37 bits per heavy atom. The summed E-state index contributed by atoms with van der Waals surface area (Å²) in [6.07, 6.45) is 0.274. The number of anilines is 1. The smallest absolute Gasteiger partial charge is 0.229 e. The van der Waals surface area contributed by atoms with E-state index in [0.29, 0.717) is 5.76 Å². The predicted octanol–water partition coefficient (Wildman–Crippen LogP) is 3.54. The van der Waals surface area contributed by atoms with Crippen LogP contribution in [0.2, 0.25) is 0 Å². The lowest BCUT2D eigenvalue weighted by atomic mass is 10.1. The van der Waals surface area contributed by atoms with E-state index in [2.05, 4.69) is 26.4 Å². The number of amides is 1. The van der Waals surface area contributed by atoms with E-state index in [4.69, 9.17) is 4.52 Å². The molecule has 100 valence electrons. The Labute approximate surface area is 120 Å². The average Bonchev–Trinajstić information content (AvgIpc) is 2.65. The van der Waals surface area contributed by atoms with Crippen molar-refractivity contribution in [2.45, 2.75) is 27.2 Å². The van der Waals surface area contributed by atoms with Crippen molar-refractivity contribution >= 4 is 27.5 Å². The first-order valence-electron chi connectivity index (χ1n) is 5.95. The fourth-order valence-corrected chi connectivity index (χ4v) is 2.35. The van der Waals surface area contributed by atoms with Crippen molar-refractivity contribution in [3.8, 4) is 0 Å². The summed E-state index contributed by atoms with van der Waals surface area (Å²) in [5.74, 6) is 0.625. The normalized spacial score (nSPS) is 10.5. The maximum absolute atomic E-state index is 12.0. The lowest BCUT2D eigenvalue weighted by Crippen LogP contribution is -2.15. The molecule has 0 fully saturated rings. The molecule has 1 aromatic carbocycles. The van der Waals surface area contributed by atoms with E-state index < -0.39 is 0 Å². The number of rotatable bonds is 3. The molecule has 1 aromatic heterocycles. The van der Waals surface area contributed by atoms with Crippen LogP contribution in [-0.4, -0.2) is 11.1 Å². The highest BCUT2D eigenvalue weighted by molar-refractivity contribution is 9.10. The Kier molecular flexibility index (Phi) is 4.04. The van der Waals surface area contributed by atoms with Crippen molar-refractivity contribution in [2.75, 3.05) is 5.32 Å². The quantitative estimate of drug-likeness (QED) is 0.940. The van der Waals surface area contributed by atoms with Crippen molar-refractivity contribution in [3.63, 3.8) is 0 Å². The Hall–Kier alpha value is -1.62. The SMILES string of the molecule is Cc1cc(Br)ccc1NC(=O)Cc1c(C)noc1C. The molecule has 0 saturated carbocycles. The average molecular weight is 323 g/mol. The van der Waals surface area contributed by atoms with Gasteiger partial charge in [-0.2, -0.15) is 0 Å². The second-order valence-electron chi connectivity index (χ2n) is 4.49. The van der Waals surface area contributed by atoms with Crippen LogP contribution < -0.4 is 5.32 Å². The Balaban J connectivity index is 2.10. The van der Waals surface area contributed by atoms with Crippen molar-refractivity contribution in [1.29, 1.82) is 0 Å². The van der Waals surface area contributed by atoms with Crippen LogP contribution in [0.4, 0.5) is 5.69 Å².